The molecular weight excluding hydrogens is 357 g/mol. The molecule has 8 heteroatoms. The second-order valence-corrected chi connectivity index (χ2v) is 5.94. The molecule has 2 aromatic rings. The van der Waals surface area contributed by atoms with Crippen molar-refractivity contribution in [1.29, 1.82) is 0 Å². The third kappa shape index (κ3) is 3.55. The van der Waals surface area contributed by atoms with Crippen LogP contribution in [-0.2, 0) is 29.0 Å². The Balaban J connectivity index is 1.62. The van der Waals surface area contributed by atoms with Crippen molar-refractivity contribution in [3.63, 3.8) is 0 Å². The van der Waals surface area contributed by atoms with E-state index in [1.165, 1.54) is 0 Å². The minimum atomic E-state index is -2.25. The van der Waals surface area contributed by atoms with Crippen LogP contribution >= 0.6 is 0 Å². The fourth-order valence-corrected chi connectivity index (χ4v) is 2.80. The number of ether oxygens (including phenoxy) is 1. The first kappa shape index (κ1) is 18.3. The molecule has 0 aromatic heterocycles. The zero-order valence-electron chi connectivity index (χ0n) is 13.4. The lowest BCUT2D eigenvalue weighted by Crippen LogP contribution is -2.37. The topological polar surface area (TPSA) is 38.3 Å². The Kier molecular flexibility index (Phi) is 5.22. The third-order valence-corrected chi connectivity index (χ3v) is 4.21. The number of carbonyl (C=O) groups excluding carboxylic acids is 1. The van der Waals surface area contributed by atoms with Gasteiger partial charge >= 0.3 is 0 Å². The molecule has 1 aliphatic rings. The molecular formula is C18H14F5NO2. The van der Waals surface area contributed by atoms with Gasteiger partial charge in [-0.05, 0) is 11.1 Å². The van der Waals surface area contributed by atoms with Crippen molar-refractivity contribution < 1.29 is 31.5 Å². The molecule has 3 nitrogen and oxygen atoms in total. The highest BCUT2D eigenvalue weighted by Crippen LogP contribution is 2.23. The second kappa shape index (κ2) is 7.41. The summed E-state index contributed by atoms with van der Waals surface area (Å²) in [6, 6.07) is 7.62. The van der Waals surface area contributed by atoms with Crippen LogP contribution < -0.4 is 5.32 Å². The van der Waals surface area contributed by atoms with E-state index in [9.17, 15) is 26.7 Å². The summed E-state index contributed by atoms with van der Waals surface area (Å²) in [6.45, 7) is 0.427. The quantitative estimate of drug-likeness (QED) is 0.509. The highest BCUT2D eigenvalue weighted by molar-refractivity contribution is 5.78. The summed E-state index contributed by atoms with van der Waals surface area (Å²) in [4.78, 5) is 11.9. The molecule has 2 aromatic carbocycles. The number of hydrogen-bond acceptors (Lipinski definition) is 2. The van der Waals surface area contributed by atoms with E-state index in [2.05, 4.69) is 5.32 Å². The highest BCUT2D eigenvalue weighted by Gasteiger charge is 2.27. The maximum absolute atomic E-state index is 13.6. The Morgan fingerprint density at radius 3 is 2.19 bits per heavy atom. The van der Waals surface area contributed by atoms with Crippen LogP contribution in [0.3, 0.4) is 0 Å². The molecule has 0 aliphatic carbocycles. The van der Waals surface area contributed by atoms with Gasteiger partial charge in [-0.3, -0.25) is 4.79 Å². The minimum Gasteiger partial charge on any atom is -0.371 e. The summed E-state index contributed by atoms with van der Waals surface area (Å²) < 4.78 is 72.1. The second-order valence-electron chi connectivity index (χ2n) is 5.94. The fourth-order valence-electron chi connectivity index (χ4n) is 2.80. The van der Waals surface area contributed by atoms with Crippen molar-refractivity contribution in [2.45, 2.75) is 25.6 Å². The van der Waals surface area contributed by atoms with Gasteiger partial charge in [0.2, 0.25) is 11.7 Å². The van der Waals surface area contributed by atoms with Gasteiger partial charge in [-0.15, -0.1) is 0 Å². The lowest BCUT2D eigenvalue weighted by Gasteiger charge is -2.25. The monoisotopic (exact) mass is 371 g/mol. The van der Waals surface area contributed by atoms with Crippen molar-refractivity contribution in [2.75, 3.05) is 6.54 Å². The van der Waals surface area contributed by atoms with Crippen molar-refractivity contribution in [3.8, 4) is 0 Å². The third-order valence-electron chi connectivity index (χ3n) is 4.21. The van der Waals surface area contributed by atoms with Crippen molar-refractivity contribution in [1.82, 2.24) is 5.32 Å². The average molecular weight is 371 g/mol. The van der Waals surface area contributed by atoms with Gasteiger partial charge in [0.1, 0.15) is 0 Å². The number of benzene rings is 2. The van der Waals surface area contributed by atoms with Gasteiger partial charge in [0, 0.05) is 18.5 Å². The lowest BCUT2D eigenvalue weighted by atomic mass is 9.99. The van der Waals surface area contributed by atoms with E-state index < -0.39 is 47.0 Å². The molecule has 0 saturated carbocycles. The van der Waals surface area contributed by atoms with Crippen LogP contribution in [0.25, 0.3) is 0 Å². The molecule has 1 aliphatic heterocycles. The SMILES string of the molecule is O=C(Cc1c(F)c(F)c(F)c(F)c1F)NC[C@@H]1Cc2ccccc2CO1. The molecule has 138 valence electrons. The number of halogens is 5. The van der Waals surface area contributed by atoms with Gasteiger partial charge in [0.15, 0.2) is 23.3 Å². The molecule has 0 radical (unpaired) electrons. The zero-order chi connectivity index (χ0) is 18.8. The summed E-state index contributed by atoms with van der Waals surface area (Å²) in [5.41, 5.74) is 0.947. The smallest absolute Gasteiger partial charge is 0.224 e. The Morgan fingerprint density at radius 1 is 0.962 bits per heavy atom. The molecule has 0 fully saturated rings. The molecule has 0 spiro atoms. The average Bonchev–Trinajstić information content (AvgIpc) is 2.66. The van der Waals surface area contributed by atoms with Crippen LogP contribution in [0, 0.1) is 29.1 Å². The number of fused-ring (bicyclic) bond motifs is 1. The number of carbonyl (C=O) groups is 1. The van der Waals surface area contributed by atoms with Crippen molar-refractivity contribution in [2.24, 2.45) is 0 Å². The van der Waals surface area contributed by atoms with Crippen LogP contribution in [0.4, 0.5) is 22.0 Å². The summed E-state index contributed by atoms with van der Waals surface area (Å²) in [5.74, 6) is -11.3. The van der Waals surface area contributed by atoms with E-state index in [4.69, 9.17) is 4.74 Å². The fraction of sp³-hybridized carbons (Fsp3) is 0.278. The van der Waals surface area contributed by atoms with E-state index in [1.807, 2.05) is 24.3 Å². The van der Waals surface area contributed by atoms with Crippen LogP contribution in [0.5, 0.6) is 0 Å². The van der Waals surface area contributed by atoms with Gasteiger partial charge in [-0.25, -0.2) is 22.0 Å². The minimum absolute atomic E-state index is 0.0581. The molecule has 0 saturated heterocycles. The van der Waals surface area contributed by atoms with Gasteiger partial charge < -0.3 is 10.1 Å². The zero-order valence-corrected chi connectivity index (χ0v) is 13.4. The summed E-state index contributed by atoms with van der Waals surface area (Å²) in [6.07, 6.45) is -0.765. The van der Waals surface area contributed by atoms with E-state index in [0.29, 0.717) is 13.0 Å². The number of nitrogens with one attached hydrogen (secondary N) is 1. The maximum atomic E-state index is 13.6. The highest BCUT2D eigenvalue weighted by atomic mass is 19.2. The largest absolute Gasteiger partial charge is 0.371 e. The first-order valence-corrected chi connectivity index (χ1v) is 7.84. The van der Waals surface area contributed by atoms with Gasteiger partial charge in [-0.1, -0.05) is 24.3 Å². The Morgan fingerprint density at radius 2 is 1.54 bits per heavy atom. The molecule has 1 atom stereocenters. The van der Waals surface area contributed by atoms with Crippen LogP contribution in [-0.4, -0.2) is 18.6 Å². The number of amides is 1. The standard InChI is InChI=1S/C18H14F5NO2/c19-14-12(15(20)17(22)18(23)16(14)21)6-13(25)24-7-11-5-9-3-1-2-4-10(9)8-26-11/h1-4,11H,5-8H2,(H,24,25)/t11-/m0/s1. The maximum Gasteiger partial charge on any atom is 0.224 e. The van der Waals surface area contributed by atoms with E-state index >= 15 is 0 Å². The van der Waals surface area contributed by atoms with Crippen LogP contribution in [0.15, 0.2) is 24.3 Å². The summed E-state index contributed by atoms with van der Waals surface area (Å²) in [5, 5.41) is 2.40. The molecule has 1 amide bonds. The van der Waals surface area contributed by atoms with E-state index in [1.54, 1.807) is 0 Å². The first-order valence-electron chi connectivity index (χ1n) is 7.84. The lowest BCUT2D eigenvalue weighted by molar-refractivity contribution is -0.121. The van der Waals surface area contributed by atoms with Gasteiger partial charge in [0.25, 0.3) is 0 Å². The molecule has 1 N–H and O–H groups in total. The molecule has 26 heavy (non-hydrogen) atoms. The predicted octanol–water partition coefficient (Wildman–Crippen LogP) is 3.18. The normalized spacial score (nSPS) is 16.3. The number of hydrogen-bond donors (Lipinski definition) is 1. The molecule has 3 rings (SSSR count). The van der Waals surface area contributed by atoms with Crippen molar-refractivity contribution >= 4 is 5.91 Å². The van der Waals surface area contributed by atoms with E-state index in [-0.39, 0.29) is 12.6 Å². The van der Waals surface area contributed by atoms with Crippen LogP contribution in [0.1, 0.15) is 16.7 Å². The molecule has 0 unspecified atom stereocenters. The molecule has 0 bridgehead atoms. The Labute approximate surface area is 145 Å². The summed E-state index contributed by atoms with van der Waals surface area (Å²) >= 11 is 0. The van der Waals surface area contributed by atoms with Gasteiger partial charge in [-0.2, -0.15) is 0 Å². The Bertz CT molecular complexity index is 827. The van der Waals surface area contributed by atoms with E-state index in [0.717, 1.165) is 11.1 Å². The summed E-state index contributed by atoms with van der Waals surface area (Å²) in [7, 11) is 0. The van der Waals surface area contributed by atoms with Gasteiger partial charge in [0.05, 0.1) is 19.1 Å². The number of rotatable bonds is 4. The predicted molar refractivity (Wildman–Crippen MR) is 81.7 cm³/mol. The van der Waals surface area contributed by atoms with Crippen LogP contribution in [0.2, 0.25) is 0 Å². The first-order chi connectivity index (χ1) is 12.4. The Hall–Kier alpha value is -2.48. The molecule has 1 heterocycles. The van der Waals surface area contributed by atoms with Crippen molar-refractivity contribution in [3.05, 3.63) is 70.0 Å².